The lowest BCUT2D eigenvalue weighted by atomic mass is 10.1. The molecule has 0 radical (unpaired) electrons. The van der Waals surface area contributed by atoms with E-state index in [0.717, 1.165) is 10.0 Å². The second kappa shape index (κ2) is 8.81. The van der Waals surface area contributed by atoms with Crippen LogP contribution in [0, 0.1) is 0 Å². The van der Waals surface area contributed by atoms with Gasteiger partial charge in [-0.05, 0) is 38.5 Å². The summed E-state index contributed by atoms with van der Waals surface area (Å²) in [4.78, 5) is 16.6. The molecule has 6 heteroatoms. The van der Waals surface area contributed by atoms with Crippen molar-refractivity contribution in [1.82, 2.24) is 5.48 Å². The maximum Gasteiger partial charge on any atom is 0.247 e. The topological polar surface area (TPSA) is 56.8 Å². The summed E-state index contributed by atoms with van der Waals surface area (Å²) in [7, 11) is 0. The fourth-order valence-electron chi connectivity index (χ4n) is 1.61. The zero-order valence-corrected chi connectivity index (χ0v) is 13.6. The van der Waals surface area contributed by atoms with Gasteiger partial charge in [-0.15, -0.1) is 0 Å². The van der Waals surface area contributed by atoms with Crippen molar-refractivity contribution in [3.05, 3.63) is 22.2 Å². The first-order valence-corrected chi connectivity index (χ1v) is 7.40. The van der Waals surface area contributed by atoms with Crippen LogP contribution in [0.2, 0.25) is 0 Å². The predicted octanol–water partition coefficient (Wildman–Crippen LogP) is 2.86. The van der Waals surface area contributed by atoms with Crippen LogP contribution in [0.1, 0.15) is 26.3 Å². The summed E-state index contributed by atoms with van der Waals surface area (Å²) in [5.74, 6) is 1.09. The summed E-state index contributed by atoms with van der Waals surface area (Å²) in [6.07, 6.45) is 0.201. The number of ether oxygens (including phenoxy) is 2. The van der Waals surface area contributed by atoms with Gasteiger partial charge in [0.2, 0.25) is 5.91 Å². The Morgan fingerprint density at radius 2 is 1.70 bits per heavy atom. The van der Waals surface area contributed by atoms with Crippen molar-refractivity contribution in [2.75, 3.05) is 19.8 Å². The molecule has 0 spiro atoms. The van der Waals surface area contributed by atoms with Gasteiger partial charge >= 0.3 is 0 Å². The molecule has 0 aromatic heterocycles. The highest BCUT2D eigenvalue weighted by Crippen LogP contribution is 2.34. The molecule has 1 amide bonds. The average molecular weight is 346 g/mol. The zero-order chi connectivity index (χ0) is 15.0. The summed E-state index contributed by atoms with van der Waals surface area (Å²) >= 11 is 3.44. The molecular formula is C14H20BrNO4. The number of hydrogen-bond acceptors (Lipinski definition) is 4. The number of carbonyl (C=O) groups is 1. The highest BCUT2D eigenvalue weighted by Gasteiger charge is 2.13. The number of amides is 1. The van der Waals surface area contributed by atoms with E-state index >= 15 is 0 Å². The second-order valence-electron chi connectivity index (χ2n) is 3.89. The molecule has 1 N–H and O–H groups in total. The highest BCUT2D eigenvalue weighted by molar-refractivity contribution is 9.10. The molecule has 20 heavy (non-hydrogen) atoms. The lowest BCUT2D eigenvalue weighted by Crippen LogP contribution is -2.25. The molecule has 0 aliphatic rings. The molecule has 1 rings (SSSR count). The van der Waals surface area contributed by atoms with Crippen LogP contribution in [-0.4, -0.2) is 25.7 Å². The number of hydrogen-bond donors (Lipinski definition) is 1. The quantitative estimate of drug-likeness (QED) is 0.736. The molecule has 0 unspecified atom stereocenters. The fraction of sp³-hybridized carbons (Fsp3) is 0.500. The van der Waals surface area contributed by atoms with Crippen LogP contribution in [0.3, 0.4) is 0 Å². The summed E-state index contributed by atoms with van der Waals surface area (Å²) in [5.41, 5.74) is 3.18. The van der Waals surface area contributed by atoms with Crippen LogP contribution < -0.4 is 15.0 Å². The van der Waals surface area contributed by atoms with Gasteiger partial charge in [0.1, 0.15) is 0 Å². The van der Waals surface area contributed by atoms with Gasteiger partial charge in [-0.1, -0.05) is 15.9 Å². The molecule has 0 aliphatic heterocycles. The van der Waals surface area contributed by atoms with Crippen molar-refractivity contribution in [3.63, 3.8) is 0 Å². The number of halogens is 1. The SMILES string of the molecule is CCONC(=O)Cc1cc(OCC)c(OCC)cc1Br. The summed E-state index contributed by atoms with van der Waals surface area (Å²) in [6, 6.07) is 3.63. The van der Waals surface area contributed by atoms with Crippen LogP contribution in [0.5, 0.6) is 11.5 Å². The molecule has 0 fully saturated rings. The molecule has 0 saturated heterocycles. The summed E-state index contributed by atoms with van der Waals surface area (Å²) in [6.45, 7) is 7.13. The zero-order valence-electron chi connectivity index (χ0n) is 12.0. The van der Waals surface area contributed by atoms with E-state index in [9.17, 15) is 4.79 Å². The number of benzene rings is 1. The predicted molar refractivity (Wildman–Crippen MR) is 80.0 cm³/mol. The third kappa shape index (κ3) is 5.02. The van der Waals surface area contributed by atoms with Gasteiger partial charge in [0.15, 0.2) is 11.5 Å². The van der Waals surface area contributed by atoms with Crippen LogP contribution in [0.4, 0.5) is 0 Å². The van der Waals surface area contributed by atoms with E-state index in [0.29, 0.717) is 31.3 Å². The maximum atomic E-state index is 11.7. The number of rotatable bonds is 8. The third-order valence-corrected chi connectivity index (χ3v) is 3.13. The Labute approximate surface area is 127 Å². The van der Waals surface area contributed by atoms with E-state index in [2.05, 4.69) is 21.4 Å². The van der Waals surface area contributed by atoms with Gasteiger partial charge in [-0.2, -0.15) is 0 Å². The Kier molecular flexibility index (Phi) is 7.40. The molecule has 112 valence electrons. The largest absolute Gasteiger partial charge is 0.490 e. The molecule has 0 heterocycles. The van der Waals surface area contributed by atoms with Crippen molar-refractivity contribution in [2.24, 2.45) is 0 Å². The third-order valence-electron chi connectivity index (χ3n) is 2.39. The average Bonchev–Trinajstić information content (AvgIpc) is 2.42. The van der Waals surface area contributed by atoms with E-state index < -0.39 is 0 Å². The Hall–Kier alpha value is -1.27. The lowest BCUT2D eigenvalue weighted by molar-refractivity contribution is -0.132. The molecule has 1 aromatic rings. The van der Waals surface area contributed by atoms with Crippen molar-refractivity contribution >= 4 is 21.8 Å². The summed E-state index contributed by atoms with van der Waals surface area (Å²) in [5, 5.41) is 0. The summed E-state index contributed by atoms with van der Waals surface area (Å²) < 4.78 is 11.9. The Balaban J connectivity index is 2.90. The molecule has 0 bridgehead atoms. The van der Waals surface area contributed by atoms with E-state index in [1.165, 1.54) is 0 Å². The van der Waals surface area contributed by atoms with Crippen molar-refractivity contribution < 1.29 is 19.1 Å². The first-order valence-electron chi connectivity index (χ1n) is 6.60. The van der Waals surface area contributed by atoms with Gasteiger partial charge < -0.3 is 9.47 Å². The standard InChI is InChI=1S/C14H20BrNO4/c1-4-18-12-7-10(8-14(17)16-20-6-3)11(15)9-13(12)19-5-2/h7,9H,4-6,8H2,1-3H3,(H,16,17). The van der Waals surface area contributed by atoms with E-state index in [1.807, 2.05) is 26.0 Å². The minimum absolute atomic E-state index is 0.201. The molecule has 0 atom stereocenters. The maximum absolute atomic E-state index is 11.7. The second-order valence-corrected chi connectivity index (χ2v) is 4.75. The molecule has 0 saturated carbocycles. The Morgan fingerprint density at radius 1 is 1.10 bits per heavy atom. The van der Waals surface area contributed by atoms with E-state index in [-0.39, 0.29) is 12.3 Å². The van der Waals surface area contributed by atoms with Crippen molar-refractivity contribution in [2.45, 2.75) is 27.2 Å². The molecule has 5 nitrogen and oxygen atoms in total. The van der Waals surface area contributed by atoms with Gasteiger partial charge in [-0.25, -0.2) is 5.48 Å². The van der Waals surface area contributed by atoms with E-state index in [1.54, 1.807) is 6.92 Å². The van der Waals surface area contributed by atoms with Gasteiger partial charge in [0.25, 0.3) is 0 Å². The van der Waals surface area contributed by atoms with Crippen molar-refractivity contribution in [1.29, 1.82) is 0 Å². The molecule has 0 aliphatic carbocycles. The first kappa shape index (κ1) is 16.8. The smallest absolute Gasteiger partial charge is 0.247 e. The number of carbonyl (C=O) groups excluding carboxylic acids is 1. The molecular weight excluding hydrogens is 326 g/mol. The normalized spacial score (nSPS) is 10.2. The highest BCUT2D eigenvalue weighted by atomic mass is 79.9. The monoisotopic (exact) mass is 345 g/mol. The number of nitrogens with one attached hydrogen (secondary N) is 1. The van der Waals surface area contributed by atoms with Crippen molar-refractivity contribution in [3.8, 4) is 11.5 Å². The van der Waals surface area contributed by atoms with Crippen LogP contribution in [-0.2, 0) is 16.1 Å². The Morgan fingerprint density at radius 3 is 2.25 bits per heavy atom. The van der Waals surface area contributed by atoms with Crippen LogP contribution >= 0.6 is 15.9 Å². The van der Waals surface area contributed by atoms with Gasteiger partial charge in [0, 0.05) is 4.47 Å². The molecule has 1 aromatic carbocycles. The van der Waals surface area contributed by atoms with Crippen LogP contribution in [0.15, 0.2) is 16.6 Å². The van der Waals surface area contributed by atoms with Gasteiger partial charge in [0.05, 0.1) is 26.2 Å². The fourth-order valence-corrected chi connectivity index (χ4v) is 2.07. The lowest BCUT2D eigenvalue weighted by Gasteiger charge is -2.14. The van der Waals surface area contributed by atoms with Gasteiger partial charge in [-0.3, -0.25) is 9.63 Å². The first-order chi connectivity index (χ1) is 9.62. The Bertz CT molecular complexity index is 451. The number of hydroxylamine groups is 1. The minimum Gasteiger partial charge on any atom is -0.490 e. The minimum atomic E-state index is -0.209. The van der Waals surface area contributed by atoms with Crippen LogP contribution in [0.25, 0.3) is 0 Å². The van der Waals surface area contributed by atoms with E-state index in [4.69, 9.17) is 14.3 Å².